The van der Waals surface area contributed by atoms with E-state index in [2.05, 4.69) is 227 Å². The molecule has 4 aromatic rings. The monoisotopic (exact) mass is 772 g/mol. The van der Waals surface area contributed by atoms with Crippen molar-refractivity contribution in [3.63, 3.8) is 0 Å². The first-order valence-electron chi connectivity index (χ1n) is 21.8. The lowest BCUT2D eigenvalue weighted by Crippen LogP contribution is -2.41. The van der Waals surface area contributed by atoms with Crippen LogP contribution in [0.1, 0.15) is 58.3 Å². The fourth-order valence-electron chi connectivity index (χ4n) is 9.38. The number of nitrogens with zero attached hydrogens (tertiary/aromatic N) is 4. The van der Waals surface area contributed by atoms with Crippen LogP contribution < -0.4 is 19.6 Å². The number of benzene rings is 4. The van der Waals surface area contributed by atoms with Crippen LogP contribution in [0.2, 0.25) is 0 Å². The Hall–Kier alpha value is -6.26. The Labute approximate surface area is 352 Å². The van der Waals surface area contributed by atoms with Gasteiger partial charge in [-0.05, 0) is 136 Å². The Balaban J connectivity index is 1.06. The first-order valence-corrected chi connectivity index (χ1v) is 21.8. The average molecular weight is 773 g/mol. The topological polar surface area (TPSA) is 13.0 Å². The van der Waals surface area contributed by atoms with Gasteiger partial charge in [0.1, 0.15) is 0 Å². The predicted molar refractivity (Wildman–Crippen MR) is 251 cm³/mol. The minimum atomic E-state index is 0.216. The maximum absolute atomic E-state index is 2.60. The standard InChI is InChI=1S/C55H56N4/c1-43-19-17-18-30-55(43)59(48-28-15-6-16-29-48)54-41-39-53(40-42-54)58(51-35-31-49(32-36-51)56(44-20-7-2-8-21-44)45-22-9-3-10-23-45)52-37-33-50(34-38-52)57(46-24-11-4-12-25-46)47-26-13-5-14-27-47/h2-4,6-9,11-13,15-18,20-22,24-31,33,35,37-43,49-51H,5,10,14,19,23,32,34,36H2,1H3. The fraction of sp³-hybridized carbons (Fsp3) is 0.236. The maximum atomic E-state index is 2.60. The molecule has 4 aromatic carbocycles. The molecule has 4 atom stereocenters. The summed E-state index contributed by atoms with van der Waals surface area (Å²) in [5.74, 6) is 0.424. The van der Waals surface area contributed by atoms with E-state index < -0.39 is 0 Å². The van der Waals surface area contributed by atoms with Gasteiger partial charge in [-0.3, -0.25) is 0 Å². The van der Waals surface area contributed by atoms with E-state index in [9.17, 15) is 0 Å². The van der Waals surface area contributed by atoms with E-state index in [-0.39, 0.29) is 12.1 Å². The zero-order valence-electron chi connectivity index (χ0n) is 34.3. The molecule has 0 aromatic heterocycles. The molecule has 0 radical (unpaired) electrons. The number of allylic oxidation sites excluding steroid dienone is 12. The van der Waals surface area contributed by atoms with Crippen molar-refractivity contribution >= 4 is 28.4 Å². The SMILES string of the molecule is CC1CC=CC=C1N(c1ccccc1)c1ccc(N(C2=CCC(N(C3=CCCC=C3)c3ccccc3)C=C2)C2C=CC(N(C3=CC=CCC3)c3ccccc3)CC2)cc1. The minimum absolute atomic E-state index is 0.216. The summed E-state index contributed by atoms with van der Waals surface area (Å²) in [5, 5.41) is 0. The Morgan fingerprint density at radius 3 is 1.63 bits per heavy atom. The fourth-order valence-corrected chi connectivity index (χ4v) is 9.38. The summed E-state index contributed by atoms with van der Waals surface area (Å²) in [5.41, 5.74) is 11.4. The van der Waals surface area contributed by atoms with Gasteiger partial charge < -0.3 is 19.6 Å². The van der Waals surface area contributed by atoms with E-state index in [1.165, 1.54) is 51.2 Å². The molecular weight excluding hydrogens is 717 g/mol. The van der Waals surface area contributed by atoms with Gasteiger partial charge >= 0.3 is 0 Å². The normalized spacial score (nSPS) is 22.2. The van der Waals surface area contributed by atoms with Crippen molar-refractivity contribution in [2.45, 2.75) is 76.4 Å². The third-order valence-electron chi connectivity index (χ3n) is 12.3. The largest absolute Gasteiger partial charge is 0.338 e. The van der Waals surface area contributed by atoms with Crippen LogP contribution in [0, 0.1) is 5.92 Å². The van der Waals surface area contributed by atoms with Crippen LogP contribution in [-0.2, 0) is 0 Å². The highest BCUT2D eigenvalue weighted by molar-refractivity contribution is 5.72. The number of hydrogen-bond acceptors (Lipinski definition) is 4. The lowest BCUT2D eigenvalue weighted by molar-refractivity contribution is 0.553. The van der Waals surface area contributed by atoms with Gasteiger partial charge in [0.15, 0.2) is 0 Å². The third kappa shape index (κ3) is 8.50. The number of para-hydroxylation sites is 3. The Morgan fingerprint density at radius 1 is 0.458 bits per heavy atom. The van der Waals surface area contributed by atoms with E-state index in [0.29, 0.717) is 12.0 Å². The highest BCUT2D eigenvalue weighted by Crippen LogP contribution is 2.40. The van der Waals surface area contributed by atoms with Gasteiger partial charge in [0.2, 0.25) is 0 Å². The van der Waals surface area contributed by atoms with Gasteiger partial charge in [-0.25, -0.2) is 0 Å². The van der Waals surface area contributed by atoms with Crippen molar-refractivity contribution in [1.29, 1.82) is 0 Å². The molecule has 0 heterocycles. The minimum Gasteiger partial charge on any atom is -0.338 e. The molecule has 9 rings (SSSR count). The van der Waals surface area contributed by atoms with Crippen LogP contribution in [0.25, 0.3) is 0 Å². The molecule has 0 fully saturated rings. The zero-order valence-corrected chi connectivity index (χ0v) is 34.3. The molecule has 0 amide bonds. The van der Waals surface area contributed by atoms with Crippen LogP contribution in [0.3, 0.4) is 0 Å². The summed E-state index contributed by atoms with van der Waals surface area (Å²) in [4.78, 5) is 10.1. The highest BCUT2D eigenvalue weighted by atomic mass is 15.2. The zero-order chi connectivity index (χ0) is 39.8. The van der Waals surface area contributed by atoms with Gasteiger partial charge in [0, 0.05) is 57.1 Å². The van der Waals surface area contributed by atoms with Gasteiger partial charge in [-0.1, -0.05) is 122 Å². The van der Waals surface area contributed by atoms with Crippen molar-refractivity contribution in [2.75, 3.05) is 19.6 Å². The third-order valence-corrected chi connectivity index (χ3v) is 12.3. The lowest BCUT2D eigenvalue weighted by Gasteiger charge is -2.41. The molecule has 0 aliphatic heterocycles. The number of anilines is 5. The van der Waals surface area contributed by atoms with Gasteiger partial charge in [0.25, 0.3) is 0 Å². The Morgan fingerprint density at radius 2 is 1.03 bits per heavy atom. The van der Waals surface area contributed by atoms with Crippen molar-refractivity contribution in [2.24, 2.45) is 5.92 Å². The first kappa shape index (κ1) is 38.3. The summed E-state index contributed by atoms with van der Waals surface area (Å²) in [6, 6.07) is 42.8. The van der Waals surface area contributed by atoms with E-state index >= 15 is 0 Å². The van der Waals surface area contributed by atoms with Crippen LogP contribution in [0.4, 0.5) is 28.4 Å². The summed E-state index contributed by atoms with van der Waals surface area (Å²) in [6.45, 7) is 2.33. The van der Waals surface area contributed by atoms with Gasteiger partial charge in [-0.2, -0.15) is 0 Å². The average Bonchev–Trinajstić information content (AvgIpc) is 3.31. The van der Waals surface area contributed by atoms with E-state index in [1.807, 2.05) is 0 Å². The second-order valence-electron chi connectivity index (χ2n) is 16.2. The van der Waals surface area contributed by atoms with E-state index in [0.717, 1.165) is 51.4 Å². The smallest absolute Gasteiger partial charge is 0.0561 e. The molecule has 0 saturated heterocycles. The molecule has 59 heavy (non-hydrogen) atoms. The Kier molecular flexibility index (Phi) is 11.8. The van der Waals surface area contributed by atoms with Crippen LogP contribution in [0.15, 0.2) is 223 Å². The second-order valence-corrected chi connectivity index (χ2v) is 16.2. The van der Waals surface area contributed by atoms with E-state index in [4.69, 9.17) is 0 Å². The molecule has 0 saturated carbocycles. The van der Waals surface area contributed by atoms with Crippen molar-refractivity contribution in [3.05, 3.63) is 223 Å². The molecule has 4 heteroatoms. The Bertz CT molecular complexity index is 2320. The molecule has 0 spiro atoms. The summed E-state index contributed by atoms with van der Waals surface area (Å²) in [7, 11) is 0. The molecule has 0 N–H and O–H groups in total. The molecule has 0 bridgehead atoms. The number of rotatable bonds is 12. The van der Waals surface area contributed by atoms with Gasteiger partial charge in [0.05, 0.1) is 18.1 Å². The maximum Gasteiger partial charge on any atom is 0.0561 e. The van der Waals surface area contributed by atoms with Gasteiger partial charge in [-0.15, -0.1) is 0 Å². The molecule has 4 unspecified atom stereocenters. The van der Waals surface area contributed by atoms with Crippen LogP contribution >= 0.6 is 0 Å². The molecule has 5 aliphatic carbocycles. The first-order chi connectivity index (χ1) is 29.2. The summed E-state index contributed by atoms with van der Waals surface area (Å²) in [6.07, 6.45) is 41.3. The predicted octanol–water partition coefficient (Wildman–Crippen LogP) is 13.9. The van der Waals surface area contributed by atoms with E-state index in [1.54, 1.807) is 0 Å². The summed E-state index contributed by atoms with van der Waals surface area (Å²) >= 11 is 0. The molecular formula is C55H56N4. The van der Waals surface area contributed by atoms with Crippen molar-refractivity contribution in [3.8, 4) is 0 Å². The molecule has 4 nitrogen and oxygen atoms in total. The number of hydrogen-bond donors (Lipinski definition) is 0. The quantitative estimate of drug-likeness (QED) is 0.133. The van der Waals surface area contributed by atoms with Crippen molar-refractivity contribution < 1.29 is 0 Å². The van der Waals surface area contributed by atoms with Crippen molar-refractivity contribution in [1.82, 2.24) is 0 Å². The summed E-state index contributed by atoms with van der Waals surface area (Å²) < 4.78 is 0. The van der Waals surface area contributed by atoms with Crippen LogP contribution in [-0.4, -0.2) is 18.1 Å². The van der Waals surface area contributed by atoms with Crippen LogP contribution in [0.5, 0.6) is 0 Å². The highest BCUT2D eigenvalue weighted by Gasteiger charge is 2.31. The molecule has 5 aliphatic rings. The lowest BCUT2D eigenvalue weighted by atomic mass is 9.92. The second kappa shape index (κ2) is 18.1. The molecule has 296 valence electrons.